The lowest BCUT2D eigenvalue weighted by Gasteiger charge is -2.34. The van der Waals surface area contributed by atoms with Gasteiger partial charge in [-0.15, -0.1) is 0 Å². The summed E-state index contributed by atoms with van der Waals surface area (Å²) in [6, 6.07) is 5.08. The zero-order chi connectivity index (χ0) is 17.2. The Hall–Kier alpha value is -2.34. The Morgan fingerprint density at radius 3 is 2.72 bits per heavy atom. The van der Waals surface area contributed by atoms with Crippen molar-refractivity contribution in [2.75, 3.05) is 26.3 Å². The summed E-state index contributed by atoms with van der Waals surface area (Å²) in [4.78, 5) is 18.8. The molecule has 1 amide bonds. The molecule has 0 aliphatic carbocycles. The standard InChI is InChI=1S/C19H23N3O3/c23-18-2-1-16(22-9-6-20-13-22)11-17(18)19(24)21-7-3-14(4-8-21)15-5-10-25-12-15/h1-2,6,9,11,13-15,23H,3-5,7-8,10,12H2. The van der Waals surface area contributed by atoms with E-state index < -0.39 is 0 Å². The molecule has 6 nitrogen and oxygen atoms in total. The summed E-state index contributed by atoms with van der Waals surface area (Å²) in [5.74, 6) is 1.23. The van der Waals surface area contributed by atoms with E-state index in [4.69, 9.17) is 4.74 Å². The SMILES string of the molecule is O=C(c1cc(-n2ccnc2)ccc1O)N1CCC(C2CCOC2)CC1. The van der Waals surface area contributed by atoms with E-state index in [9.17, 15) is 9.90 Å². The Morgan fingerprint density at radius 1 is 1.20 bits per heavy atom. The van der Waals surface area contributed by atoms with Crippen molar-refractivity contribution >= 4 is 5.91 Å². The van der Waals surface area contributed by atoms with Crippen molar-refractivity contribution in [3.8, 4) is 11.4 Å². The number of imidazole rings is 1. The predicted molar refractivity (Wildman–Crippen MR) is 92.8 cm³/mol. The van der Waals surface area contributed by atoms with Gasteiger partial charge in [-0.05, 0) is 49.3 Å². The first-order chi connectivity index (χ1) is 12.2. The minimum absolute atomic E-state index is 0.0279. The highest BCUT2D eigenvalue weighted by Gasteiger charge is 2.31. The van der Waals surface area contributed by atoms with Crippen LogP contribution in [-0.2, 0) is 4.74 Å². The van der Waals surface area contributed by atoms with Gasteiger partial charge in [-0.1, -0.05) is 0 Å². The van der Waals surface area contributed by atoms with E-state index in [0.29, 0.717) is 17.4 Å². The maximum Gasteiger partial charge on any atom is 0.257 e. The van der Waals surface area contributed by atoms with E-state index >= 15 is 0 Å². The molecule has 0 bridgehead atoms. The van der Waals surface area contributed by atoms with Crippen LogP contribution in [0.4, 0.5) is 0 Å². The Morgan fingerprint density at radius 2 is 2.04 bits per heavy atom. The molecule has 0 saturated carbocycles. The number of hydrogen-bond donors (Lipinski definition) is 1. The Labute approximate surface area is 147 Å². The molecule has 3 heterocycles. The lowest BCUT2D eigenvalue weighted by molar-refractivity contribution is 0.0645. The average molecular weight is 341 g/mol. The smallest absolute Gasteiger partial charge is 0.257 e. The third-order valence-corrected chi connectivity index (χ3v) is 5.47. The number of amides is 1. The van der Waals surface area contributed by atoms with E-state index in [0.717, 1.165) is 51.3 Å². The number of likely N-dealkylation sites (tertiary alicyclic amines) is 1. The molecular formula is C19H23N3O3. The Bertz CT molecular complexity index is 730. The fraction of sp³-hybridized carbons (Fsp3) is 0.474. The van der Waals surface area contributed by atoms with Gasteiger partial charge >= 0.3 is 0 Å². The molecule has 132 valence electrons. The van der Waals surface area contributed by atoms with Gasteiger partial charge in [0.2, 0.25) is 0 Å². The maximum absolute atomic E-state index is 12.9. The van der Waals surface area contributed by atoms with Crippen LogP contribution in [0.5, 0.6) is 5.75 Å². The van der Waals surface area contributed by atoms with Crippen LogP contribution in [0, 0.1) is 11.8 Å². The monoisotopic (exact) mass is 341 g/mol. The highest BCUT2D eigenvalue weighted by atomic mass is 16.5. The van der Waals surface area contributed by atoms with Gasteiger partial charge in [0.25, 0.3) is 5.91 Å². The summed E-state index contributed by atoms with van der Waals surface area (Å²) < 4.78 is 7.32. The fourth-order valence-corrected chi connectivity index (χ4v) is 3.94. The van der Waals surface area contributed by atoms with E-state index in [2.05, 4.69) is 4.98 Å². The lowest BCUT2D eigenvalue weighted by atomic mass is 9.84. The number of hydrogen-bond acceptors (Lipinski definition) is 4. The highest BCUT2D eigenvalue weighted by Crippen LogP contribution is 2.32. The van der Waals surface area contributed by atoms with Crippen LogP contribution < -0.4 is 0 Å². The second-order valence-corrected chi connectivity index (χ2v) is 6.92. The molecule has 2 fully saturated rings. The van der Waals surface area contributed by atoms with Crippen molar-refractivity contribution in [1.29, 1.82) is 0 Å². The van der Waals surface area contributed by atoms with Gasteiger partial charge in [0, 0.05) is 44.4 Å². The molecule has 1 N–H and O–H groups in total. The minimum atomic E-state index is -0.0967. The maximum atomic E-state index is 12.9. The molecule has 2 aromatic rings. The molecule has 2 aliphatic rings. The van der Waals surface area contributed by atoms with E-state index in [1.807, 2.05) is 15.7 Å². The summed E-state index contributed by atoms with van der Waals surface area (Å²) in [7, 11) is 0. The first-order valence-corrected chi connectivity index (χ1v) is 8.91. The summed E-state index contributed by atoms with van der Waals surface area (Å²) in [5.41, 5.74) is 1.17. The summed E-state index contributed by atoms with van der Waals surface area (Å²) >= 11 is 0. The molecule has 0 radical (unpaired) electrons. The third-order valence-electron chi connectivity index (χ3n) is 5.47. The van der Waals surface area contributed by atoms with Crippen molar-refractivity contribution in [1.82, 2.24) is 14.5 Å². The molecule has 6 heteroatoms. The topological polar surface area (TPSA) is 67.6 Å². The van der Waals surface area contributed by atoms with Gasteiger partial charge in [-0.25, -0.2) is 4.98 Å². The van der Waals surface area contributed by atoms with Gasteiger partial charge in [-0.2, -0.15) is 0 Å². The number of phenolic OH excluding ortho intramolecular Hbond substituents is 1. The molecule has 1 aromatic carbocycles. The van der Waals surface area contributed by atoms with Crippen LogP contribution in [0.15, 0.2) is 36.9 Å². The number of ether oxygens (including phenoxy) is 1. The molecule has 25 heavy (non-hydrogen) atoms. The van der Waals surface area contributed by atoms with Crippen LogP contribution in [0.2, 0.25) is 0 Å². The van der Waals surface area contributed by atoms with Gasteiger partial charge in [0.15, 0.2) is 0 Å². The van der Waals surface area contributed by atoms with Gasteiger partial charge in [-0.3, -0.25) is 4.79 Å². The predicted octanol–water partition coefficient (Wildman–Crippen LogP) is 2.47. The Kier molecular flexibility index (Phi) is 4.44. The molecule has 1 aromatic heterocycles. The highest BCUT2D eigenvalue weighted by molar-refractivity contribution is 5.97. The zero-order valence-corrected chi connectivity index (χ0v) is 14.2. The molecule has 1 unspecified atom stereocenters. The van der Waals surface area contributed by atoms with Crippen molar-refractivity contribution < 1.29 is 14.6 Å². The van der Waals surface area contributed by atoms with Crippen LogP contribution >= 0.6 is 0 Å². The molecule has 4 rings (SSSR count). The first-order valence-electron chi connectivity index (χ1n) is 8.91. The first kappa shape index (κ1) is 16.1. The molecule has 0 spiro atoms. The number of carbonyl (C=O) groups excluding carboxylic acids is 1. The van der Waals surface area contributed by atoms with Gasteiger partial charge in [0.05, 0.1) is 11.9 Å². The van der Waals surface area contributed by atoms with E-state index in [1.54, 1.807) is 30.7 Å². The number of benzene rings is 1. The number of nitrogens with zero attached hydrogens (tertiary/aromatic N) is 3. The van der Waals surface area contributed by atoms with Crippen LogP contribution in [0.25, 0.3) is 5.69 Å². The second kappa shape index (κ2) is 6.88. The quantitative estimate of drug-likeness (QED) is 0.931. The van der Waals surface area contributed by atoms with Crippen molar-refractivity contribution in [3.05, 3.63) is 42.5 Å². The Balaban J connectivity index is 1.47. The average Bonchev–Trinajstić information content (AvgIpc) is 3.35. The number of rotatable bonds is 3. The largest absolute Gasteiger partial charge is 0.507 e. The number of aromatic hydroxyl groups is 1. The van der Waals surface area contributed by atoms with E-state index in [-0.39, 0.29) is 11.7 Å². The number of aromatic nitrogens is 2. The number of piperidine rings is 1. The normalized spacial score (nSPS) is 21.6. The fourth-order valence-electron chi connectivity index (χ4n) is 3.94. The van der Waals surface area contributed by atoms with E-state index in [1.165, 1.54) is 0 Å². The van der Waals surface area contributed by atoms with Crippen LogP contribution in [-0.4, -0.2) is 51.8 Å². The van der Waals surface area contributed by atoms with Crippen molar-refractivity contribution in [3.63, 3.8) is 0 Å². The summed E-state index contributed by atoms with van der Waals surface area (Å²) in [6.45, 7) is 3.23. The van der Waals surface area contributed by atoms with Crippen LogP contribution in [0.1, 0.15) is 29.6 Å². The molecule has 1 atom stereocenters. The second-order valence-electron chi connectivity index (χ2n) is 6.92. The molecule has 2 saturated heterocycles. The zero-order valence-electron chi connectivity index (χ0n) is 14.2. The number of phenols is 1. The lowest BCUT2D eigenvalue weighted by Crippen LogP contribution is -2.40. The summed E-state index contributed by atoms with van der Waals surface area (Å²) in [5, 5.41) is 10.2. The van der Waals surface area contributed by atoms with Crippen molar-refractivity contribution in [2.45, 2.75) is 19.3 Å². The van der Waals surface area contributed by atoms with Crippen molar-refractivity contribution in [2.24, 2.45) is 11.8 Å². The molecule has 2 aliphatic heterocycles. The van der Waals surface area contributed by atoms with Gasteiger partial charge < -0.3 is 19.3 Å². The van der Waals surface area contributed by atoms with Crippen LogP contribution in [0.3, 0.4) is 0 Å². The molecular weight excluding hydrogens is 318 g/mol. The summed E-state index contributed by atoms with van der Waals surface area (Å²) in [6.07, 6.45) is 8.35. The third kappa shape index (κ3) is 3.26. The number of carbonyl (C=O) groups is 1. The minimum Gasteiger partial charge on any atom is -0.507 e. The van der Waals surface area contributed by atoms with Gasteiger partial charge in [0.1, 0.15) is 5.75 Å².